The number of likely N-dealkylation sites (tertiary alicyclic amines) is 1. The molecule has 0 bridgehead atoms. The minimum Gasteiger partial charge on any atom is -0.361 e. The molecule has 2 amide bonds. The largest absolute Gasteiger partial charge is 0.361 e. The fourth-order valence-corrected chi connectivity index (χ4v) is 4.06. The minimum absolute atomic E-state index is 0.0349. The van der Waals surface area contributed by atoms with Gasteiger partial charge in [-0.3, -0.25) is 9.59 Å². The van der Waals surface area contributed by atoms with E-state index in [0.717, 1.165) is 30.8 Å². The van der Waals surface area contributed by atoms with Crippen molar-refractivity contribution < 1.29 is 9.59 Å². The molecule has 2 saturated heterocycles. The van der Waals surface area contributed by atoms with E-state index < -0.39 is 6.04 Å². The van der Waals surface area contributed by atoms with Crippen LogP contribution in [0.2, 0.25) is 0 Å². The zero-order valence-corrected chi connectivity index (χ0v) is 15.0. The highest BCUT2D eigenvalue weighted by Gasteiger charge is 2.41. The highest BCUT2D eigenvalue weighted by atomic mass is 16.2. The summed E-state index contributed by atoms with van der Waals surface area (Å²) < 4.78 is 0. The number of hydrogen-bond acceptors (Lipinski definition) is 5. The van der Waals surface area contributed by atoms with Crippen LogP contribution in [0.1, 0.15) is 24.4 Å². The van der Waals surface area contributed by atoms with E-state index in [1.165, 1.54) is 0 Å². The number of nitrogens with two attached hydrogens (primary N) is 1. The number of rotatable bonds is 3. The standard InChI is InChI=1S/C19H25N5O2/c1-21-11-16-18(25)24(13-23(16)12-21)15-7-9-22(10-8-15)19(26)17(20)14-5-3-2-4-6-14/h2-6,11,15,17H,7-10,12-13,20H2,1H3. The maximum absolute atomic E-state index is 12.7. The van der Waals surface area contributed by atoms with Crippen molar-refractivity contribution in [3.63, 3.8) is 0 Å². The molecule has 138 valence electrons. The zero-order valence-electron chi connectivity index (χ0n) is 15.0. The highest BCUT2D eigenvalue weighted by molar-refractivity contribution is 5.95. The van der Waals surface area contributed by atoms with Crippen LogP contribution >= 0.6 is 0 Å². The first-order valence-electron chi connectivity index (χ1n) is 9.12. The summed E-state index contributed by atoms with van der Waals surface area (Å²) in [4.78, 5) is 33.2. The minimum atomic E-state index is -0.618. The van der Waals surface area contributed by atoms with Crippen LogP contribution in [-0.4, -0.2) is 70.9 Å². The van der Waals surface area contributed by atoms with Crippen LogP contribution in [0.15, 0.2) is 42.2 Å². The summed E-state index contributed by atoms with van der Waals surface area (Å²) in [5.41, 5.74) is 7.78. The molecule has 1 atom stereocenters. The van der Waals surface area contributed by atoms with Gasteiger partial charge < -0.3 is 25.3 Å². The lowest BCUT2D eigenvalue weighted by Crippen LogP contribution is -2.49. The third kappa shape index (κ3) is 2.92. The summed E-state index contributed by atoms with van der Waals surface area (Å²) >= 11 is 0. The Hall–Kier alpha value is -2.54. The second-order valence-corrected chi connectivity index (χ2v) is 7.31. The van der Waals surface area contributed by atoms with E-state index in [0.29, 0.717) is 19.8 Å². The van der Waals surface area contributed by atoms with Crippen LogP contribution < -0.4 is 5.73 Å². The monoisotopic (exact) mass is 355 g/mol. The molecule has 3 aliphatic heterocycles. The molecule has 7 nitrogen and oxygen atoms in total. The Kier molecular flexibility index (Phi) is 4.32. The Morgan fingerprint density at radius 1 is 1.15 bits per heavy atom. The number of hydrogen-bond donors (Lipinski definition) is 1. The van der Waals surface area contributed by atoms with Gasteiger partial charge in [0.15, 0.2) is 0 Å². The predicted molar refractivity (Wildman–Crippen MR) is 97.2 cm³/mol. The number of carbonyl (C=O) groups excluding carboxylic acids is 2. The summed E-state index contributed by atoms with van der Waals surface area (Å²) in [7, 11) is 1.98. The normalized spacial score (nSPS) is 21.9. The van der Waals surface area contributed by atoms with E-state index in [4.69, 9.17) is 5.73 Å². The van der Waals surface area contributed by atoms with E-state index in [1.807, 2.05) is 58.3 Å². The molecular formula is C19H25N5O2. The van der Waals surface area contributed by atoms with Crippen molar-refractivity contribution >= 4 is 11.8 Å². The van der Waals surface area contributed by atoms with Gasteiger partial charge in [-0.15, -0.1) is 0 Å². The van der Waals surface area contributed by atoms with Gasteiger partial charge in [0.1, 0.15) is 11.7 Å². The molecule has 7 heteroatoms. The molecule has 0 aromatic heterocycles. The fraction of sp³-hybridized carbons (Fsp3) is 0.474. The lowest BCUT2D eigenvalue weighted by molar-refractivity contribution is -0.135. The first-order valence-corrected chi connectivity index (χ1v) is 9.12. The molecular weight excluding hydrogens is 330 g/mol. The SMILES string of the molecule is CN1C=C2C(=O)N(C3CCN(C(=O)C(N)c4ccccc4)CC3)CN2C1. The van der Waals surface area contributed by atoms with E-state index >= 15 is 0 Å². The van der Waals surface area contributed by atoms with Gasteiger partial charge in [0.25, 0.3) is 5.91 Å². The third-order valence-electron chi connectivity index (χ3n) is 5.52. The fourth-order valence-electron chi connectivity index (χ4n) is 4.06. The van der Waals surface area contributed by atoms with E-state index in [9.17, 15) is 9.59 Å². The molecule has 0 spiro atoms. The van der Waals surface area contributed by atoms with Crippen molar-refractivity contribution in [1.82, 2.24) is 19.6 Å². The number of nitrogens with zero attached hydrogens (tertiary/aromatic N) is 4. The van der Waals surface area contributed by atoms with Gasteiger partial charge in [-0.2, -0.15) is 0 Å². The number of benzene rings is 1. The van der Waals surface area contributed by atoms with E-state index in [1.54, 1.807) is 0 Å². The maximum atomic E-state index is 12.7. The van der Waals surface area contributed by atoms with Crippen molar-refractivity contribution in [2.75, 3.05) is 33.5 Å². The maximum Gasteiger partial charge on any atom is 0.273 e. The highest BCUT2D eigenvalue weighted by Crippen LogP contribution is 2.29. The molecule has 3 heterocycles. The van der Waals surface area contributed by atoms with Crippen LogP contribution in [0.25, 0.3) is 0 Å². The Morgan fingerprint density at radius 2 is 1.85 bits per heavy atom. The lowest BCUT2D eigenvalue weighted by Gasteiger charge is -2.37. The zero-order chi connectivity index (χ0) is 18.3. The third-order valence-corrected chi connectivity index (χ3v) is 5.52. The molecule has 0 radical (unpaired) electrons. The van der Waals surface area contributed by atoms with Gasteiger partial charge in [-0.1, -0.05) is 30.3 Å². The first kappa shape index (κ1) is 16.9. The Labute approximate surface area is 153 Å². The van der Waals surface area contributed by atoms with Crippen LogP contribution in [0.5, 0.6) is 0 Å². The number of amides is 2. The van der Waals surface area contributed by atoms with Gasteiger partial charge in [-0.05, 0) is 18.4 Å². The first-order chi connectivity index (χ1) is 12.5. The van der Waals surface area contributed by atoms with Gasteiger partial charge in [0.05, 0.1) is 13.3 Å². The molecule has 26 heavy (non-hydrogen) atoms. The summed E-state index contributed by atoms with van der Waals surface area (Å²) in [6.07, 6.45) is 3.52. The van der Waals surface area contributed by atoms with Crippen molar-refractivity contribution in [3.8, 4) is 0 Å². The molecule has 2 N–H and O–H groups in total. The summed E-state index contributed by atoms with van der Waals surface area (Å²) in [5.74, 6) is 0.0764. The Bertz CT molecular complexity index is 727. The van der Waals surface area contributed by atoms with Crippen molar-refractivity contribution in [2.45, 2.75) is 24.9 Å². The van der Waals surface area contributed by atoms with Crippen LogP contribution in [0.4, 0.5) is 0 Å². The second-order valence-electron chi connectivity index (χ2n) is 7.31. The van der Waals surface area contributed by atoms with E-state index in [2.05, 4.69) is 4.90 Å². The van der Waals surface area contributed by atoms with E-state index in [-0.39, 0.29) is 17.9 Å². The molecule has 1 aromatic rings. The number of carbonyl (C=O) groups is 2. The quantitative estimate of drug-likeness (QED) is 0.856. The second kappa shape index (κ2) is 6.64. The molecule has 1 aromatic carbocycles. The molecule has 0 aliphatic carbocycles. The van der Waals surface area contributed by atoms with Crippen molar-refractivity contribution in [3.05, 3.63) is 47.8 Å². The Balaban J connectivity index is 1.35. The van der Waals surface area contributed by atoms with Gasteiger partial charge in [0, 0.05) is 32.4 Å². The van der Waals surface area contributed by atoms with Crippen LogP contribution in [-0.2, 0) is 9.59 Å². The predicted octanol–water partition coefficient (Wildman–Crippen LogP) is 0.523. The topological polar surface area (TPSA) is 73.1 Å². The van der Waals surface area contributed by atoms with Crippen molar-refractivity contribution in [1.29, 1.82) is 0 Å². The molecule has 4 rings (SSSR count). The molecule has 0 saturated carbocycles. The lowest BCUT2D eigenvalue weighted by atomic mass is 10.0. The summed E-state index contributed by atoms with van der Waals surface area (Å²) in [5, 5.41) is 0. The van der Waals surface area contributed by atoms with Gasteiger partial charge in [-0.25, -0.2) is 0 Å². The van der Waals surface area contributed by atoms with Crippen LogP contribution in [0, 0.1) is 0 Å². The summed E-state index contributed by atoms with van der Waals surface area (Å²) in [6.45, 7) is 2.71. The average molecular weight is 355 g/mol. The molecule has 1 unspecified atom stereocenters. The number of fused-ring (bicyclic) bond motifs is 1. The van der Waals surface area contributed by atoms with Gasteiger partial charge in [0.2, 0.25) is 5.91 Å². The summed E-state index contributed by atoms with van der Waals surface area (Å²) in [6, 6.07) is 9.05. The van der Waals surface area contributed by atoms with Crippen molar-refractivity contribution in [2.24, 2.45) is 5.73 Å². The van der Waals surface area contributed by atoms with Gasteiger partial charge >= 0.3 is 0 Å². The smallest absolute Gasteiger partial charge is 0.273 e. The Morgan fingerprint density at radius 3 is 2.50 bits per heavy atom. The number of piperidine rings is 1. The molecule has 2 fully saturated rings. The molecule has 3 aliphatic rings. The van der Waals surface area contributed by atoms with Crippen LogP contribution in [0.3, 0.4) is 0 Å². The average Bonchev–Trinajstić information content (AvgIpc) is 3.18.